The zero-order valence-corrected chi connectivity index (χ0v) is 12.7. The standard InChI is InChI=1S/C16H14FN3O4/c1-23-13-7-10(18-15(22)8-21)3-5-11(13)19-16-20-12-4-2-9(17)6-14(12)24-16/h2-7,21H,8H2,1H3,(H,18,22)(H,19,20). The van der Waals surface area contributed by atoms with Crippen molar-refractivity contribution in [3.05, 3.63) is 42.2 Å². The SMILES string of the molecule is COc1cc(NC(=O)CO)ccc1Nc1nc2ccc(F)cc2o1. The van der Waals surface area contributed by atoms with E-state index in [1.807, 2.05) is 0 Å². The van der Waals surface area contributed by atoms with Gasteiger partial charge in [0.15, 0.2) is 5.58 Å². The predicted octanol–water partition coefficient (Wildman–Crippen LogP) is 2.65. The number of hydrogen-bond donors (Lipinski definition) is 3. The van der Waals surface area contributed by atoms with Crippen molar-refractivity contribution in [2.75, 3.05) is 24.4 Å². The van der Waals surface area contributed by atoms with Crippen molar-refractivity contribution >= 4 is 34.4 Å². The van der Waals surface area contributed by atoms with Crippen LogP contribution in [0.15, 0.2) is 40.8 Å². The Morgan fingerprint density at radius 3 is 2.92 bits per heavy atom. The molecule has 0 atom stereocenters. The van der Waals surface area contributed by atoms with E-state index in [1.165, 1.54) is 25.3 Å². The zero-order valence-electron chi connectivity index (χ0n) is 12.7. The molecule has 3 N–H and O–H groups in total. The second-order valence-electron chi connectivity index (χ2n) is 4.88. The quantitative estimate of drug-likeness (QED) is 0.665. The maximum Gasteiger partial charge on any atom is 0.300 e. The molecule has 24 heavy (non-hydrogen) atoms. The number of ether oxygens (including phenoxy) is 1. The number of nitrogens with zero attached hydrogens (tertiary/aromatic N) is 1. The first-order valence-electron chi connectivity index (χ1n) is 7.01. The fraction of sp³-hybridized carbons (Fsp3) is 0.125. The summed E-state index contributed by atoms with van der Waals surface area (Å²) in [5.74, 6) is -0.510. The van der Waals surface area contributed by atoms with Crippen LogP contribution >= 0.6 is 0 Å². The number of nitrogens with one attached hydrogen (secondary N) is 2. The number of rotatable bonds is 5. The van der Waals surface area contributed by atoms with E-state index >= 15 is 0 Å². The summed E-state index contributed by atoms with van der Waals surface area (Å²) in [7, 11) is 1.47. The molecule has 0 aliphatic heterocycles. The Morgan fingerprint density at radius 2 is 2.17 bits per heavy atom. The summed E-state index contributed by atoms with van der Waals surface area (Å²) in [5.41, 5.74) is 1.86. The predicted molar refractivity (Wildman–Crippen MR) is 86.0 cm³/mol. The lowest BCUT2D eigenvalue weighted by atomic mass is 10.2. The highest BCUT2D eigenvalue weighted by Gasteiger charge is 2.11. The number of aromatic nitrogens is 1. The summed E-state index contributed by atoms with van der Waals surface area (Å²) in [5, 5.41) is 14.2. The molecule has 0 radical (unpaired) electrons. The lowest BCUT2D eigenvalue weighted by Crippen LogP contribution is -2.15. The van der Waals surface area contributed by atoms with E-state index < -0.39 is 18.3 Å². The van der Waals surface area contributed by atoms with Gasteiger partial charge in [-0.15, -0.1) is 0 Å². The molecule has 1 amide bonds. The molecule has 0 bridgehead atoms. The maximum atomic E-state index is 13.2. The highest BCUT2D eigenvalue weighted by atomic mass is 19.1. The molecule has 3 rings (SSSR count). The summed E-state index contributed by atoms with van der Waals surface area (Å²) in [6, 6.07) is 9.11. The smallest absolute Gasteiger partial charge is 0.300 e. The van der Waals surface area contributed by atoms with Crippen LogP contribution in [0.5, 0.6) is 5.75 Å². The molecule has 7 nitrogen and oxygen atoms in total. The van der Waals surface area contributed by atoms with Gasteiger partial charge in [-0.1, -0.05) is 0 Å². The van der Waals surface area contributed by atoms with Gasteiger partial charge in [-0.25, -0.2) is 4.39 Å². The first-order chi connectivity index (χ1) is 11.6. The summed E-state index contributed by atoms with van der Waals surface area (Å²) >= 11 is 0. The Hall–Kier alpha value is -3.13. The number of aliphatic hydroxyl groups excluding tert-OH is 1. The third-order valence-electron chi connectivity index (χ3n) is 3.22. The molecular weight excluding hydrogens is 317 g/mol. The Morgan fingerprint density at radius 1 is 1.33 bits per heavy atom. The summed E-state index contributed by atoms with van der Waals surface area (Å²) < 4.78 is 23.9. The Balaban J connectivity index is 1.86. The normalized spacial score (nSPS) is 10.6. The second kappa shape index (κ2) is 6.55. The topological polar surface area (TPSA) is 96.6 Å². The summed E-state index contributed by atoms with van der Waals surface area (Å²) in [4.78, 5) is 15.4. The van der Waals surface area contributed by atoms with E-state index in [4.69, 9.17) is 14.3 Å². The molecule has 0 aliphatic carbocycles. The average Bonchev–Trinajstić information content (AvgIpc) is 2.97. The minimum absolute atomic E-state index is 0.182. The van der Waals surface area contributed by atoms with Gasteiger partial charge in [-0.2, -0.15) is 4.98 Å². The minimum atomic E-state index is -0.609. The number of aliphatic hydroxyl groups is 1. The van der Waals surface area contributed by atoms with E-state index in [0.29, 0.717) is 28.2 Å². The third-order valence-corrected chi connectivity index (χ3v) is 3.22. The van der Waals surface area contributed by atoms with Gasteiger partial charge < -0.3 is 24.9 Å². The molecule has 8 heteroatoms. The first kappa shape index (κ1) is 15.8. The van der Waals surface area contributed by atoms with Gasteiger partial charge in [-0.3, -0.25) is 4.79 Å². The third kappa shape index (κ3) is 3.28. The molecule has 0 aliphatic rings. The number of carbonyl (C=O) groups excluding carboxylic acids is 1. The van der Waals surface area contributed by atoms with E-state index in [0.717, 1.165) is 0 Å². The average molecular weight is 331 g/mol. The van der Waals surface area contributed by atoms with Crippen LogP contribution in [0.4, 0.5) is 21.8 Å². The Kier molecular flexibility index (Phi) is 4.30. The number of carbonyl (C=O) groups is 1. The molecule has 2 aromatic carbocycles. The largest absolute Gasteiger partial charge is 0.494 e. The van der Waals surface area contributed by atoms with Crippen molar-refractivity contribution < 1.29 is 23.4 Å². The number of hydrogen-bond acceptors (Lipinski definition) is 6. The van der Waals surface area contributed by atoms with Crippen LogP contribution in [0.2, 0.25) is 0 Å². The van der Waals surface area contributed by atoms with Crippen LogP contribution in [0, 0.1) is 5.82 Å². The molecule has 0 unspecified atom stereocenters. The molecule has 124 valence electrons. The zero-order chi connectivity index (χ0) is 17.1. The van der Waals surface area contributed by atoms with Crippen molar-refractivity contribution in [2.45, 2.75) is 0 Å². The lowest BCUT2D eigenvalue weighted by molar-refractivity contribution is -0.118. The van der Waals surface area contributed by atoms with Gasteiger partial charge >= 0.3 is 0 Å². The first-order valence-corrected chi connectivity index (χ1v) is 7.01. The molecule has 0 saturated heterocycles. The van der Waals surface area contributed by atoms with Gasteiger partial charge in [-0.05, 0) is 24.3 Å². The number of oxazole rings is 1. The van der Waals surface area contributed by atoms with Gasteiger partial charge in [0.1, 0.15) is 23.7 Å². The molecule has 0 spiro atoms. The number of anilines is 3. The lowest BCUT2D eigenvalue weighted by Gasteiger charge is -2.11. The van der Waals surface area contributed by atoms with Crippen LogP contribution < -0.4 is 15.4 Å². The van der Waals surface area contributed by atoms with Crippen molar-refractivity contribution in [3.8, 4) is 5.75 Å². The van der Waals surface area contributed by atoms with E-state index in [1.54, 1.807) is 18.2 Å². The molecule has 1 aromatic heterocycles. The summed E-state index contributed by atoms with van der Waals surface area (Å²) in [6.07, 6.45) is 0. The fourth-order valence-corrected chi connectivity index (χ4v) is 2.14. The van der Waals surface area contributed by atoms with Crippen LogP contribution in [0.25, 0.3) is 11.1 Å². The summed E-state index contributed by atoms with van der Waals surface area (Å²) in [6.45, 7) is -0.609. The van der Waals surface area contributed by atoms with Crippen LogP contribution in [-0.4, -0.2) is 29.7 Å². The Labute approximate surface area is 136 Å². The minimum Gasteiger partial charge on any atom is -0.494 e. The van der Waals surface area contributed by atoms with Gasteiger partial charge in [0, 0.05) is 17.8 Å². The van der Waals surface area contributed by atoms with Crippen LogP contribution in [-0.2, 0) is 4.79 Å². The highest BCUT2D eigenvalue weighted by molar-refractivity contribution is 5.92. The number of halogens is 1. The number of fused-ring (bicyclic) bond motifs is 1. The maximum absolute atomic E-state index is 13.2. The number of methoxy groups -OCH3 is 1. The van der Waals surface area contributed by atoms with Crippen LogP contribution in [0.1, 0.15) is 0 Å². The van der Waals surface area contributed by atoms with Crippen molar-refractivity contribution in [3.63, 3.8) is 0 Å². The molecule has 0 fully saturated rings. The van der Waals surface area contributed by atoms with Crippen molar-refractivity contribution in [2.24, 2.45) is 0 Å². The van der Waals surface area contributed by atoms with Gasteiger partial charge in [0.25, 0.3) is 6.01 Å². The number of benzene rings is 2. The second-order valence-corrected chi connectivity index (χ2v) is 4.88. The van der Waals surface area contributed by atoms with Gasteiger partial charge in [0.2, 0.25) is 5.91 Å². The Bertz CT molecular complexity index is 894. The monoisotopic (exact) mass is 331 g/mol. The molecular formula is C16H14FN3O4. The molecule has 3 aromatic rings. The van der Waals surface area contributed by atoms with E-state index in [-0.39, 0.29) is 6.01 Å². The molecule has 1 heterocycles. The van der Waals surface area contributed by atoms with Gasteiger partial charge in [0.05, 0.1) is 12.8 Å². The van der Waals surface area contributed by atoms with E-state index in [9.17, 15) is 9.18 Å². The molecule has 0 saturated carbocycles. The fourth-order valence-electron chi connectivity index (χ4n) is 2.14. The van der Waals surface area contributed by atoms with E-state index in [2.05, 4.69) is 15.6 Å². The van der Waals surface area contributed by atoms with Crippen molar-refractivity contribution in [1.82, 2.24) is 4.98 Å². The highest BCUT2D eigenvalue weighted by Crippen LogP contribution is 2.31. The van der Waals surface area contributed by atoms with Crippen molar-refractivity contribution in [1.29, 1.82) is 0 Å². The van der Waals surface area contributed by atoms with Crippen LogP contribution in [0.3, 0.4) is 0 Å². The number of amides is 1.